The summed E-state index contributed by atoms with van der Waals surface area (Å²) < 4.78 is 0. The van der Waals surface area contributed by atoms with Gasteiger partial charge in [-0.25, -0.2) is 0 Å². The van der Waals surface area contributed by atoms with Crippen molar-refractivity contribution in [3.8, 4) is 0 Å². The fourth-order valence-corrected chi connectivity index (χ4v) is 3.27. The minimum atomic E-state index is -1.09. The van der Waals surface area contributed by atoms with E-state index in [2.05, 4.69) is 4.99 Å². The van der Waals surface area contributed by atoms with E-state index in [9.17, 15) is 24.6 Å². The summed E-state index contributed by atoms with van der Waals surface area (Å²) in [5.74, 6) is -1.86. The molecule has 134 valence electrons. The summed E-state index contributed by atoms with van der Waals surface area (Å²) >= 11 is 0. The van der Waals surface area contributed by atoms with Crippen molar-refractivity contribution in [2.75, 3.05) is 13.1 Å². The topological polar surface area (TPSA) is 163 Å². The standard InChI is InChI=1S/C14H23N5O5/c1-7(20)9(11(15)22)18-4-3-14(17-6-18)5-19(13(14)24)10(8(2)21)12(16)23/h6-10,20-21H,3-5H2,1-2H3,(H2,15,22)(H2,16,23)/t7-,8-,9+,10+,14?/m1/s1. The van der Waals surface area contributed by atoms with Crippen LogP contribution < -0.4 is 11.5 Å². The third kappa shape index (κ3) is 2.94. The normalized spacial score (nSPS) is 28.2. The van der Waals surface area contributed by atoms with Crippen molar-refractivity contribution >= 4 is 24.1 Å². The van der Waals surface area contributed by atoms with Crippen LogP contribution >= 0.6 is 0 Å². The molecule has 1 spiro atoms. The van der Waals surface area contributed by atoms with E-state index in [0.29, 0.717) is 13.0 Å². The third-order valence-corrected chi connectivity index (χ3v) is 4.52. The average molecular weight is 341 g/mol. The van der Waals surface area contributed by atoms with Crippen LogP contribution in [0.5, 0.6) is 0 Å². The van der Waals surface area contributed by atoms with E-state index in [-0.39, 0.29) is 6.54 Å². The zero-order valence-electron chi connectivity index (χ0n) is 13.6. The van der Waals surface area contributed by atoms with Gasteiger partial charge in [-0.1, -0.05) is 0 Å². The summed E-state index contributed by atoms with van der Waals surface area (Å²) in [7, 11) is 0. The van der Waals surface area contributed by atoms with Crippen molar-refractivity contribution in [2.24, 2.45) is 16.5 Å². The first-order valence-corrected chi connectivity index (χ1v) is 7.67. The molecule has 2 rings (SSSR count). The van der Waals surface area contributed by atoms with Crippen molar-refractivity contribution in [2.45, 2.75) is 50.1 Å². The van der Waals surface area contributed by atoms with Gasteiger partial charge in [-0.3, -0.25) is 19.4 Å². The number of β-lactam (4-membered cyclic amide) rings is 1. The van der Waals surface area contributed by atoms with Crippen molar-refractivity contribution < 1.29 is 24.6 Å². The highest BCUT2D eigenvalue weighted by atomic mass is 16.3. The number of aliphatic imine (C=N–C) groups is 1. The number of nitrogens with two attached hydrogens (primary N) is 2. The molecule has 0 aromatic rings. The Morgan fingerprint density at radius 1 is 1.21 bits per heavy atom. The molecule has 0 aliphatic carbocycles. The molecular weight excluding hydrogens is 318 g/mol. The Labute approximate surface area is 139 Å². The van der Waals surface area contributed by atoms with Crippen LogP contribution in [0, 0.1) is 0 Å². The number of hydrogen-bond donors (Lipinski definition) is 4. The lowest BCUT2D eigenvalue weighted by Gasteiger charge is -2.51. The van der Waals surface area contributed by atoms with E-state index in [4.69, 9.17) is 11.5 Å². The maximum atomic E-state index is 12.5. The first-order chi connectivity index (χ1) is 11.1. The lowest BCUT2D eigenvalue weighted by Crippen LogP contribution is -2.73. The molecule has 6 N–H and O–H groups in total. The second-order valence-electron chi connectivity index (χ2n) is 6.37. The summed E-state index contributed by atoms with van der Waals surface area (Å²) in [4.78, 5) is 42.3. The fourth-order valence-electron chi connectivity index (χ4n) is 3.27. The van der Waals surface area contributed by atoms with E-state index in [1.165, 1.54) is 30.0 Å². The lowest BCUT2D eigenvalue weighted by molar-refractivity contribution is -0.162. The average Bonchev–Trinajstić information content (AvgIpc) is 2.46. The number of hydrogen-bond acceptors (Lipinski definition) is 7. The van der Waals surface area contributed by atoms with Crippen molar-refractivity contribution in [1.29, 1.82) is 0 Å². The van der Waals surface area contributed by atoms with Gasteiger partial charge in [0, 0.05) is 13.0 Å². The minimum absolute atomic E-state index is 0.157. The Kier molecular flexibility index (Phi) is 4.81. The number of carbonyl (C=O) groups is 3. The molecule has 0 aromatic carbocycles. The molecule has 1 fully saturated rings. The highest BCUT2D eigenvalue weighted by Crippen LogP contribution is 2.35. The molecular formula is C14H23N5O5. The Hall–Kier alpha value is -2.20. The molecule has 10 heteroatoms. The van der Waals surface area contributed by atoms with Crippen LogP contribution in [0.4, 0.5) is 0 Å². The molecule has 1 unspecified atom stereocenters. The van der Waals surface area contributed by atoms with Gasteiger partial charge in [0.25, 0.3) is 5.91 Å². The van der Waals surface area contributed by atoms with Crippen molar-refractivity contribution in [1.82, 2.24) is 9.80 Å². The quantitative estimate of drug-likeness (QED) is 0.371. The zero-order chi connectivity index (χ0) is 18.2. The molecule has 0 radical (unpaired) electrons. The van der Waals surface area contributed by atoms with Crippen LogP contribution in [0.2, 0.25) is 0 Å². The second kappa shape index (κ2) is 6.36. The minimum Gasteiger partial charge on any atom is -0.391 e. The van der Waals surface area contributed by atoms with Crippen LogP contribution in [-0.2, 0) is 14.4 Å². The molecule has 2 aliphatic rings. The Morgan fingerprint density at radius 3 is 2.08 bits per heavy atom. The molecule has 5 atom stereocenters. The van der Waals surface area contributed by atoms with Crippen LogP contribution in [0.25, 0.3) is 0 Å². The Morgan fingerprint density at radius 2 is 1.75 bits per heavy atom. The summed E-state index contributed by atoms with van der Waals surface area (Å²) in [6, 6.07) is -2.01. The van der Waals surface area contributed by atoms with E-state index in [0.717, 1.165) is 0 Å². The molecule has 10 nitrogen and oxygen atoms in total. The molecule has 2 heterocycles. The highest BCUT2D eigenvalue weighted by Gasteiger charge is 2.57. The van der Waals surface area contributed by atoms with Crippen LogP contribution in [-0.4, -0.2) is 87.0 Å². The number of amides is 3. The fraction of sp³-hybridized carbons (Fsp3) is 0.714. The van der Waals surface area contributed by atoms with Crippen LogP contribution in [0.3, 0.4) is 0 Å². The zero-order valence-corrected chi connectivity index (χ0v) is 13.6. The highest BCUT2D eigenvalue weighted by molar-refractivity contribution is 5.98. The summed E-state index contributed by atoms with van der Waals surface area (Å²) in [5, 5.41) is 19.3. The summed E-state index contributed by atoms with van der Waals surface area (Å²) in [5.41, 5.74) is 9.51. The molecule has 0 aromatic heterocycles. The van der Waals surface area contributed by atoms with E-state index in [1.54, 1.807) is 0 Å². The number of primary amides is 2. The molecule has 24 heavy (non-hydrogen) atoms. The monoisotopic (exact) mass is 341 g/mol. The Bertz CT molecular complexity index is 578. The van der Waals surface area contributed by atoms with Crippen molar-refractivity contribution in [3.05, 3.63) is 0 Å². The van der Waals surface area contributed by atoms with E-state index >= 15 is 0 Å². The summed E-state index contributed by atoms with van der Waals surface area (Å²) in [6.45, 7) is 3.30. The van der Waals surface area contributed by atoms with Gasteiger partial charge < -0.3 is 31.5 Å². The van der Waals surface area contributed by atoms with Gasteiger partial charge in [-0.2, -0.15) is 0 Å². The maximum absolute atomic E-state index is 12.5. The second-order valence-corrected chi connectivity index (χ2v) is 6.37. The van der Waals surface area contributed by atoms with Gasteiger partial charge in [-0.15, -0.1) is 0 Å². The van der Waals surface area contributed by atoms with Crippen LogP contribution in [0.15, 0.2) is 4.99 Å². The third-order valence-electron chi connectivity index (χ3n) is 4.52. The first kappa shape index (κ1) is 18.1. The van der Waals surface area contributed by atoms with Crippen LogP contribution in [0.1, 0.15) is 20.3 Å². The molecule has 0 bridgehead atoms. The number of rotatable bonds is 6. The Balaban J connectivity index is 2.12. The molecule has 0 saturated carbocycles. The molecule has 2 aliphatic heterocycles. The van der Waals surface area contributed by atoms with Gasteiger partial charge in [-0.05, 0) is 13.8 Å². The van der Waals surface area contributed by atoms with Crippen molar-refractivity contribution in [3.63, 3.8) is 0 Å². The smallest absolute Gasteiger partial charge is 0.253 e. The van der Waals surface area contributed by atoms with E-state index in [1.807, 2.05) is 0 Å². The summed E-state index contributed by atoms with van der Waals surface area (Å²) in [6.07, 6.45) is -0.420. The number of carbonyl (C=O) groups excluding carboxylic acids is 3. The molecule has 3 amide bonds. The SMILES string of the molecule is C[C@@H](O)[C@@H](C(N)=O)N1C=NC2(CC1)CN([C@H](C(N)=O)[C@@H](C)O)C2=O. The predicted octanol–water partition coefficient (Wildman–Crippen LogP) is -3.23. The van der Waals surface area contributed by atoms with Gasteiger partial charge in [0.05, 0.1) is 25.1 Å². The van der Waals surface area contributed by atoms with Gasteiger partial charge >= 0.3 is 0 Å². The number of likely N-dealkylation sites (tertiary alicyclic amines) is 1. The van der Waals surface area contributed by atoms with E-state index < -0.39 is 47.6 Å². The predicted molar refractivity (Wildman–Crippen MR) is 83.6 cm³/mol. The number of aliphatic hydroxyl groups excluding tert-OH is 2. The number of nitrogens with zero attached hydrogens (tertiary/aromatic N) is 3. The first-order valence-electron chi connectivity index (χ1n) is 7.67. The van der Waals surface area contributed by atoms with Gasteiger partial charge in [0.1, 0.15) is 12.1 Å². The molecule has 1 saturated heterocycles. The number of aliphatic hydroxyl groups is 2. The maximum Gasteiger partial charge on any atom is 0.253 e. The largest absolute Gasteiger partial charge is 0.391 e. The lowest BCUT2D eigenvalue weighted by atomic mass is 9.82. The van der Waals surface area contributed by atoms with Gasteiger partial charge in [0.2, 0.25) is 11.8 Å². The van der Waals surface area contributed by atoms with Gasteiger partial charge in [0.15, 0.2) is 5.54 Å².